The van der Waals surface area contributed by atoms with E-state index in [0.717, 1.165) is 24.4 Å². The summed E-state index contributed by atoms with van der Waals surface area (Å²) in [5, 5.41) is 2.92. The van der Waals surface area contributed by atoms with Crippen LogP contribution in [-0.2, 0) is 22.0 Å². The molecule has 2 aromatic rings. The number of para-hydroxylation sites is 1. The molecule has 0 bridgehead atoms. The summed E-state index contributed by atoms with van der Waals surface area (Å²) in [6, 6.07) is 9.56. The van der Waals surface area contributed by atoms with E-state index in [2.05, 4.69) is 15.3 Å². The normalized spacial score (nSPS) is 20.9. The van der Waals surface area contributed by atoms with E-state index in [1.165, 1.54) is 0 Å². The van der Waals surface area contributed by atoms with Crippen LogP contribution in [0, 0.1) is 0 Å². The summed E-state index contributed by atoms with van der Waals surface area (Å²) in [4.78, 5) is 8.79. The number of aromatic nitrogens is 2. The van der Waals surface area contributed by atoms with Gasteiger partial charge < -0.3 is 10.1 Å². The number of sulfone groups is 1. The molecule has 0 amide bonds. The Morgan fingerprint density at radius 3 is 2.76 bits per heavy atom. The highest BCUT2D eigenvalue weighted by molar-refractivity contribution is 7.91. The van der Waals surface area contributed by atoms with Gasteiger partial charge in [-0.2, -0.15) is 0 Å². The van der Waals surface area contributed by atoms with Gasteiger partial charge in [0.1, 0.15) is 5.75 Å². The van der Waals surface area contributed by atoms with Gasteiger partial charge in [-0.1, -0.05) is 18.2 Å². The van der Waals surface area contributed by atoms with Crippen molar-refractivity contribution in [2.75, 3.05) is 13.1 Å². The topological polar surface area (TPSA) is 81.2 Å². The first-order chi connectivity index (χ1) is 12.1. The molecule has 2 aliphatic heterocycles. The molecule has 7 heteroatoms. The van der Waals surface area contributed by atoms with E-state index in [9.17, 15) is 8.42 Å². The third-order valence-electron chi connectivity index (χ3n) is 4.81. The van der Waals surface area contributed by atoms with Gasteiger partial charge in [0, 0.05) is 12.6 Å². The van der Waals surface area contributed by atoms with Gasteiger partial charge in [0.25, 0.3) is 0 Å². The minimum absolute atomic E-state index is 0.0349. The number of benzene rings is 1. The number of nitrogens with one attached hydrogen (secondary N) is 1. The van der Waals surface area contributed by atoms with Gasteiger partial charge in [-0.05, 0) is 43.6 Å². The average Bonchev–Trinajstić information content (AvgIpc) is 3.07. The lowest BCUT2D eigenvalue weighted by molar-refractivity contribution is 0.227. The van der Waals surface area contributed by atoms with Gasteiger partial charge in [0.05, 0.1) is 16.7 Å². The van der Waals surface area contributed by atoms with Crippen LogP contribution in [-0.4, -0.2) is 36.7 Å². The van der Waals surface area contributed by atoms with Crippen LogP contribution in [0.2, 0.25) is 0 Å². The quantitative estimate of drug-likeness (QED) is 0.897. The smallest absolute Gasteiger partial charge is 0.169 e. The first-order valence-electron chi connectivity index (χ1n) is 8.60. The molecule has 1 saturated heterocycles. The van der Waals surface area contributed by atoms with Gasteiger partial charge >= 0.3 is 0 Å². The predicted octanol–water partition coefficient (Wildman–Crippen LogP) is 1.82. The van der Waals surface area contributed by atoms with Crippen LogP contribution in [0.5, 0.6) is 5.75 Å². The van der Waals surface area contributed by atoms with Crippen LogP contribution >= 0.6 is 0 Å². The molecule has 0 saturated carbocycles. The van der Waals surface area contributed by atoms with Crippen molar-refractivity contribution in [1.82, 2.24) is 15.3 Å². The Hall–Kier alpha value is -1.99. The van der Waals surface area contributed by atoms with E-state index in [0.29, 0.717) is 30.8 Å². The van der Waals surface area contributed by atoms with Crippen molar-refractivity contribution in [2.24, 2.45) is 0 Å². The number of fused-ring (bicyclic) bond motifs is 1. The summed E-state index contributed by atoms with van der Waals surface area (Å²) in [6.07, 6.45) is 3.42. The molecule has 6 nitrogen and oxygen atoms in total. The molecule has 1 fully saturated rings. The molecule has 0 aliphatic carbocycles. The maximum atomic E-state index is 12.6. The lowest BCUT2D eigenvalue weighted by atomic mass is 10.1. The number of hydrogen-bond acceptors (Lipinski definition) is 6. The molecular formula is C18H21N3O3S. The van der Waals surface area contributed by atoms with Crippen LogP contribution in [0.1, 0.15) is 36.0 Å². The van der Waals surface area contributed by atoms with Crippen molar-refractivity contribution in [2.45, 2.75) is 36.4 Å². The lowest BCUT2D eigenvalue weighted by Crippen LogP contribution is -2.36. The number of rotatable bonds is 4. The van der Waals surface area contributed by atoms with E-state index in [1.807, 2.05) is 24.3 Å². The Morgan fingerprint density at radius 1 is 1.16 bits per heavy atom. The highest BCUT2D eigenvalue weighted by Crippen LogP contribution is 2.35. The molecule has 1 aromatic heterocycles. The molecule has 1 unspecified atom stereocenters. The molecule has 0 spiro atoms. The third kappa shape index (κ3) is 3.52. The average molecular weight is 359 g/mol. The van der Waals surface area contributed by atoms with E-state index >= 15 is 0 Å². The first kappa shape index (κ1) is 16.5. The van der Waals surface area contributed by atoms with E-state index < -0.39 is 9.84 Å². The van der Waals surface area contributed by atoms with Crippen molar-refractivity contribution < 1.29 is 13.2 Å². The molecule has 1 aromatic carbocycles. The molecule has 1 N–H and O–H groups in total. The van der Waals surface area contributed by atoms with E-state index in [1.54, 1.807) is 12.3 Å². The van der Waals surface area contributed by atoms with Crippen LogP contribution in [0.4, 0.5) is 0 Å². The van der Waals surface area contributed by atoms with E-state index in [4.69, 9.17) is 4.74 Å². The molecule has 1 atom stereocenters. The first-order valence-corrected chi connectivity index (χ1v) is 10.3. The van der Waals surface area contributed by atoms with Gasteiger partial charge in [0.15, 0.2) is 21.8 Å². The van der Waals surface area contributed by atoms with Crippen LogP contribution in [0.15, 0.2) is 36.5 Å². The van der Waals surface area contributed by atoms with Crippen molar-refractivity contribution in [3.8, 4) is 5.75 Å². The second kappa shape index (κ2) is 6.72. The van der Waals surface area contributed by atoms with Gasteiger partial charge in [-0.25, -0.2) is 18.4 Å². The summed E-state index contributed by atoms with van der Waals surface area (Å²) in [5.41, 5.74) is 1.67. The summed E-state index contributed by atoms with van der Waals surface area (Å²) in [5.74, 6) is 1.37. The molecule has 0 radical (unpaired) electrons. The Bertz CT molecular complexity index is 838. The van der Waals surface area contributed by atoms with Crippen molar-refractivity contribution in [1.29, 1.82) is 0 Å². The van der Waals surface area contributed by atoms with Crippen molar-refractivity contribution in [3.05, 3.63) is 53.6 Å². The van der Waals surface area contributed by atoms with Crippen molar-refractivity contribution >= 4 is 9.84 Å². The fourth-order valence-corrected chi connectivity index (χ4v) is 5.22. The number of piperidine rings is 1. The van der Waals surface area contributed by atoms with Crippen molar-refractivity contribution in [3.63, 3.8) is 0 Å². The largest absolute Gasteiger partial charge is 0.482 e. The van der Waals surface area contributed by atoms with Crippen LogP contribution < -0.4 is 10.1 Å². The summed E-state index contributed by atoms with van der Waals surface area (Å²) in [7, 11) is -3.20. The minimum Gasteiger partial charge on any atom is -0.482 e. The third-order valence-corrected chi connectivity index (χ3v) is 7.00. The maximum Gasteiger partial charge on any atom is 0.169 e. The SMILES string of the molecule is O=S(=O)(Cc1ccnc(C2Cc3ccccc3O2)n1)C1CCNCC1. The highest BCUT2D eigenvalue weighted by Gasteiger charge is 2.29. The molecule has 3 heterocycles. The van der Waals surface area contributed by atoms with Gasteiger partial charge in [-0.15, -0.1) is 0 Å². The van der Waals surface area contributed by atoms with Gasteiger partial charge in [-0.3, -0.25) is 0 Å². The Morgan fingerprint density at radius 2 is 1.96 bits per heavy atom. The lowest BCUT2D eigenvalue weighted by Gasteiger charge is -2.22. The Balaban J connectivity index is 1.50. The number of hydrogen-bond donors (Lipinski definition) is 1. The molecular weight excluding hydrogens is 338 g/mol. The maximum absolute atomic E-state index is 12.6. The van der Waals surface area contributed by atoms with Gasteiger partial charge in [0.2, 0.25) is 0 Å². The monoisotopic (exact) mass is 359 g/mol. The molecule has 4 rings (SSSR count). The Labute approximate surface area is 147 Å². The van der Waals surface area contributed by atoms with Crippen LogP contribution in [0.3, 0.4) is 0 Å². The standard InChI is InChI=1S/C18H21N3O3S/c22-25(23,15-6-8-19-9-7-15)12-14-5-10-20-18(21-14)17-11-13-3-1-2-4-16(13)24-17/h1-5,10,15,17,19H,6-9,11-12H2. The second-order valence-electron chi connectivity index (χ2n) is 6.58. The summed E-state index contributed by atoms with van der Waals surface area (Å²) >= 11 is 0. The second-order valence-corrected chi connectivity index (χ2v) is 8.86. The number of ether oxygens (including phenoxy) is 1. The summed E-state index contributed by atoms with van der Waals surface area (Å²) in [6.45, 7) is 1.51. The zero-order valence-electron chi connectivity index (χ0n) is 13.9. The van der Waals surface area contributed by atoms with E-state index in [-0.39, 0.29) is 17.1 Å². The summed E-state index contributed by atoms with van der Waals surface area (Å²) < 4.78 is 31.2. The fraction of sp³-hybridized carbons (Fsp3) is 0.444. The zero-order valence-corrected chi connectivity index (χ0v) is 14.7. The number of nitrogens with zero attached hydrogens (tertiary/aromatic N) is 2. The molecule has 132 valence electrons. The zero-order chi connectivity index (χ0) is 17.3. The molecule has 2 aliphatic rings. The molecule has 25 heavy (non-hydrogen) atoms. The fourth-order valence-electron chi connectivity index (χ4n) is 3.45. The predicted molar refractivity (Wildman–Crippen MR) is 94.1 cm³/mol. The van der Waals surface area contributed by atoms with Crippen LogP contribution in [0.25, 0.3) is 0 Å². The highest BCUT2D eigenvalue weighted by atomic mass is 32.2. The Kier molecular flexibility index (Phi) is 4.43. The minimum atomic E-state index is -3.20.